The molecule has 2 rings (SSSR count). The van der Waals surface area contributed by atoms with Crippen LogP contribution in [-0.2, 0) is 0 Å². The summed E-state index contributed by atoms with van der Waals surface area (Å²) in [6, 6.07) is 7.06. The van der Waals surface area contributed by atoms with Crippen molar-refractivity contribution in [2.24, 2.45) is 0 Å². The first-order valence-electron chi connectivity index (χ1n) is 5.14. The Morgan fingerprint density at radius 3 is 2.47 bits per heavy atom. The molecule has 0 aliphatic heterocycles. The largest absolute Gasteiger partial charge is 0.386 e. The zero-order valence-corrected chi connectivity index (χ0v) is 10.0. The molecule has 0 spiro atoms. The summed E-state index contributed by atoms with van der Waals surface area (Å²) in [6.45, 7) is 0. The zero-order chi connectivity index (χ0) is 12.3. The highest BCUT2D eigenvalue weighted by Gasteiger charge is 2.14. The molecule has 2 N–H and O–H groups in total. The second kappa shape index (κ2) is 5.12. The molecular weight excluding hydrogens is 238 g/mol. The predicted molar refractivity (Wildman–Crippen MR) is 67.1 cm³/mol. The van der Waals surface area contributed by atoms with E-state index in [0.717, 1.165) is 11.3 Å². The standard InChI is InChI=1S/C12H12ClN3O/c1-14-11-7-16-15-6-10(11)12(17)8-2-4-9(13)5-3-8/h2-7,12,17H,1H3,(H,14,15). The minimum absolute atomic E-state index is 0.641. The van der Waals surface area contributed by atoms with Crippen LogP contribution in [0.15, 0.2) is 36.7 Å². The van der Waals surface area contributed by atoms with E-state index in [4.69, 9.17) is 11.6 Å². The van der Waals surface area contributed by atoms with Crippen LogP contribution >= 0.6 is 11.6 Å². The monoisotopic (exact) mass is 249 g/mol. The lowest BCUT2D eigenvalue weighted by atomic mass is 10.0. The van der Waals surface area contributed by atoms with Gasteiger partial charge < -0.3 is 10.4 Å². The second-order valence-corrected chi connectivity index (χ2v) is 4.00. The Hall–Kier alpha value is -1.65. The molecular formula is C12H12ClN3O. The van der Waals surface area contributed by atoms with Crippen molar-refractivity contribution in [3.63, 3.8) is 0 Å². The fourth-order valence-corrected chi connectivity index (χ4v) is 1.71. The summed E-state index contributed by atoms with van der Waals surface area (Å²) >= 11 is 5.80. The van der Waals surface area contributed by atoms with Crippen molar-refractivity contribution in [3.05, 3.63) is 52.8 Å². The van der Waals surface area contributed by atoms with E-state index in [-0.39, 0.29) is 0 Å². The first-order chi connectivity index (χ1) is 8.22. The molecule has 4 nitrogen and oxygen atoms in total. The van der Waals surface area contributed by atoms with E-state index >= 15 is 0 Å². The van der Waals surface area contributed by atoms with E-state index in [2.05, 4.69) is 15.5 Å². The number of aliphatic hydroxyl groups excluding tert-OH is 1. The van der Waals surface area contributed by atoms with Crippen molar-refractivity contribution in [3.8, 4) is 0 Å². The van der Waals surface area contributed by atoms with Gasteiger partial charge in [0.1, 0.15) is 6.10 Å². The summed E-state index contributed by atoms with van der Waals surface area (Å²) in [5.41, 5.74) is 2.20. The highest BCUT2D eigenvalue weighted by molar-refractivity contribution is 6.30. The molecule has 0 aliphatic rings. The van der Waals surface area contributed by atoms with Crippen molar-refractivity contribution in [2.45, 2.75) is 6.10 Å². The molecule has 0 fully saturated rings. The Balaban J connectivity index is 2.36. The maximum Gasteiger partial charge on any atom is 0.108 e. The molecule has 0 amide bonds. The van der Waals surface area contributed by atoms with E-state index in [9.17, 15) is 5.11 Å². The Morgan fingerprint density at radius 1 is 1.18 bits per heavy atom. The summed E-state index contributed by atoms with van der Waals surface area (Å²) in [6.07, 6.45) is 2.38. The van der Waals surface area contributed by atoms with E-state index in [1.807, 2.05) is 0 Å². The number of aromatic nitrogens is 2. The average molecular weight is 250 g/mol. The molecule has 1 atom stereocenters. The highest BCUT2D eigenvalue weighted by Crippen LogP contribution is 2.27. The normalized spacial score (nSPS) is 12.2. The van der Waals surface area contributed by atoms with E-state index < -0.39 is 6.10 Å². The van der Waals surface area contributed by atoms with E-state index in [1.54, 1.807) is 43.7 Å². The van der Waals surface area contributed by atoms with Gasteiger partial charge in [0, 0.05) is 17.6 Å². The van der Waals surface area contributed by atoms with Crippen LogP contribution in [0.25, 0.3) is 0 Å². The van der Waals surface area contributed by atoms with E-state index in [1.165, 1.54) is 0 Å². The van der Waals surface area contributed by atoms with Gasteiger partial charge >= 0.3 is 0 Å². The third-order valence-corrected chi connectivity index (χ3v) is 2.76. The van der Waals surface area contributed by atoms with Gasteiger partial charge in [-0.3, -0.25) is 0 Å². The van der Waals surface area contributed by atoms with Gasteiger partial charge in [-0.1, -0.05) is 23.7 Å². The number of hydrogen-bond acceptors (Lipinski definition) is 4. The van der Waals surface area contributed by atoms with Crippen molar-refractivity contribution < 1.29 is 5.11 Å². The number of hydrogen-bond donors (Lipinski definition) is 2. The topological polar surface area (TPSA) is 58.0 Å². The van der Waals surface area contributed by atoms with Gasteiger partial charge in [-0.25, -0.2) is 0 Å². The molecule has 0 bridgehead atoms. The second-order valence-electron chi connectivity index (χ2n) is 3.56. The third-order valence-electron chi connectivity index (χ3n) is 2.51. The van der Waals surface area contributed by atoms with Gasteiger partial charge in [-0.15, -0.1) is 0 Å². The minimum Gasteiger partial charge on any atom is -0.386 e. The van der Waals surface area contributed by atoms with Crippen LogP contribution in [0.5, 0.6) is 0 Å². The molecule has 0 radical (unpaired) electrons. The molecule has 1 unspecified atom stereocenters. The van der Waals surface area contributed by atoms with Crippen LogP contribution in [-0.4, -0.2) is 22.4 Å². The van der Waals surface area contributed by atoms with Crippen molar-refractivity contribution in [1.29, 1.82) is 0 Å². The van der Waals surface area contributed by atoms with Gasteiger partial charge in [-0.05, 0) is 17.7 Å². The maximum absolute atomic E-state index is 10.2. The minimum atomic E-state index is -0.745. The molecule has 5 heteroatoms. The zero-order valence-electron chi connectivity index (χ0n) is 9.26. The third kappa shape index (κ3) is 2.54. The number of rotatable bonds is 3. The number of benzene rings is 1. The molecule has 1 aromatic heterocycles. The summed E-state index contributed by atoms with van der Waals surface area (Å²) in [4.78, 5) is 0. The highest BCUT2D eigenvalue weighted by atomic mass is 35.5. The van der Waals surface area contributed by atoms with Crippen LogP contribution in [0.4, 0.5) is 5.69 Å². The summed E-state index contributed by atoms with van der Waals surface area (Å²) in [7, 11) is 1.77. The van der Waals surface area contributed by atoms with Crippen LogP contribution in [0.2, 0.25) is 5.02 Å². The number of aliphatic hydroxyl groups is 1. The quantitative estimate of drug-likeness (QED) is 0.876. The van der Waals surface area contributed by atoms with Gasteiger partial charge in [0.25, 0.3) is 0 Å². The van der Waals surface area contributed by atoms with E-state index in [0.29, 0.717) is 10.6 Å². The number of nitrogens with one attached hydrogen (secondary N) is 1. The first-order valence-corrected chi connectivity index (χ1v) is 5.52. The molecule has 0 aliphatic carbocycles. The first kappa shape index (κ1) is 11.8. The maximum atomic E-state index is 10.2. The van der Waals surface area contributed by atoms with Crippen LogP contribution in [0.3, 0.4) is 0 Å². The van der Waals surface area contributed by atoms with Gasteiger partial charge in [0.05, 0.1) is 18.1 Å². The molecule has 1 aromatic carbocycles. The number of anilines is 1. The molecule has 17 heavy (non-hydrogen) atoms. The Bertz CT molecular complexity index is 501. The number of halogens is 1. The average Bonchev–Trinajstić information content (AvgIpc) is 2.39. The van der Waals surface area contributed by atoms with Gasteiger partial charge in [0.15, 0.2) is 0 Å². The Kier molecular flexibility index (Phi) is 3.56. The Morgan fingerprint density at radius 2 is 1.82 bits per heavy atom. The smallest absolute Gasteiger partial charge is 0.108 e. The fraction of sp³-hybridized carbons (Fsp3) is 0.167. The summed E-state index contributed by atoms with van der Waals surface area (Å²) < 4.78 is 0. The van der Waals surface area contributed by atoms with Crippen LogP contribution in [0, 0.1) is 0 Å². The lowest BCUT2D eigenvalue weighted by Crippen LogP contribution is -2.05. The lowest BCUT2D eigenvalue weighted by Gasteiger charge is -2.14. The predicted octanol–water partition coefficient (Wildman–Crippen LogP) is 2.25. The molecule has 0 saturated carbocycles. The number of nitrogens with zero attached hydrogens (tertiary/aromatic N) is 2. The summed E-state index contributed by atoms with van der Waals surface area (Å²) in [5.74, 6) is 0. The van der Waals surface area contributed by atoms with Crippen LogP contribution in [0.1, 0.15) is 17.2 Å². The van der Waals surface area contributed by atoms with Gasteiger partial charge in [-0.2, -0.15) is 10.2 Å². The fourth-order valence-electron chi connectivity index (χ4n) is 1.58. The molecule has 2 aromatic rings. The van der Waals surface area contributed by atoms with Crippen molar-refractivity contribution in [1.82, 2.24) is 10.2 Å². The Labute approximate surface area is 104 Å². The molecule has 88 valence electrons. The van der Waals surface area contributed by atoms with Crippen LogP contribution < -0.4 is 5.32 Å². The van der Waals surface area contributed by atoms with Crippen molar-refractivity contribution in [2.75, 3.05) is 12.4 Å². The molecule has 1 heterocycles. The summed E-state index contributed by atoms with van der Waals surface area (Å²) in [5, 5.41) is 21.4. The van der Waals surface area contributed by atoms with Gasteiger partial charge in [0.2, 0.25) is 0 Å². The molecule has 0 saturated heterocycles. The van der Waals surface area contributed by atoms with Crippen molar-refractivity contribution >= 4 is 17.3 Å². The lowest BCUT2D eigenvalue weighted by molar-refractivity contribution is 0.220. The SMILES string of the molecule is CNc1cnncc1C(O)c1ccc(Cl)cc1.